The van der Waals surface area contributed by atoms with Crippen molar-refractivity contribution < 1.29 is 4.79 Å². The zero-order valence-electron chi connectivity index (χ0n) is 9.05. The van der Waals surface area contributed by atoms with Crippen LogP contribution in [0, 0.1) is 0 Å². The molecule has 0 aliphatic carbocycles. The molecular weight excluding hydrogens is 172 g/mol. The summed E-state index contributed by atoms with van der Waals surface area (Å²) >= 11 is 0. The maximum absolute atomic E-state index is 10.8. The summed E-state index contributed by atoms with van der Waals surface area (Å²) in [5.41, 5.74) is 2.67. The number of rotatable bonds is 6. The second kappa shape index (κ2) is 7.07. The molecule has 0 fully saturated rings. The van der Waals surface area contributed by atoms with Crippen LogP contribution in [0.4, 0.5) is 0 Å². The van der Waals surface area contributed by atoms with Crippen LogP contribution >= 0.6 is 0 Å². The smallest absolute Gasteiger partial charge is 0.150 e. The van der Waals surface area contributed by atoms with Crippen LogP contribution in [0.25, 0.3) is 0 Å². The number of hydrogen-bond acceptors (Lipinski definition) is 1. The van der Waals surface area contributed by atoms with Gasteiger partial charge in [-0.05, 0) is 24.5 Å². The van der Waals surface area contributed by atoms with Crippen molar-refractivity contribution in [1.82, 2.24) is 0 Å². The summed E-state index contributed by atoms with van der Waals surface area (Å²) in [6.07, 6.45) is 8.15. The van der Waals surface area contributed by atoms with Crippen molar-refractivity contribution in [3.8, 4) is 0 Å². The Hall–Kier alpha value is -1.37. The van der Waals surface area contributed by atoms with Crippen molar-refractivity contribution in [3.63, 3.8) is 0 Å². The third-order valence-electron chi connectivity index (χ3n) is 2.08. The van der Waals surface area contributed by atoms with E-state index in [1.165, 1.54) is 0 Å². The van der Waals surface area contributed by atoms with Crippen LogP contribution in [0.2, 0.25) is 0 Å². The van der Waals surface area contributed by atoms with Gasteiger partial charge in [-0.25, -0.2) is 0 Å². The molecule has 1 heteroatoms. The lowest BCUT2D eigenvalue weighted by Crippen LogP contribution is -1.93. The highest BCUT2D eigenvalue weighted by atomic mass is 16.1. The summed E-state index contributed by atoms with van der Waals surface area (Å²) in [4.78, 5) is 10.8. The van der Waals surface area contributed by atoms with Gasteiger partial charge >= 0.3 is 0 Å². The lowest BCUT2D eigenvalue weighted by Gasteiger charge is -2.08. The topological polar surface area (TPSA) is 17.1 Å². The van der Waals surface area contributed by atoms with Gasteiger partial charge in [0.05, 0.1) is 0 Å². The van der Waals surface area contributed by atoms with Crippen LogP contribution in [0.5, 0.6) is 0 Å². The van der Waals surface area contributed by atoms with Crippen LogP contribution in [0.1, 0.15) is 26.7 Å². The fourth-order valence-electron chi connectivity index (χ4n) is 1.36. The van der Waals surface area contributed by atoms with Crippen LogP contribution in [-0.4, -0.2) is 6.29 Å². The van der Waals surface area contributed by atoms with Crippen molar-refractivity contribution >= 4 is 6.29 Å². The van der Waals surface area contributed by atoms with Crippen molar-refractivity contribution in [2.75, 3.05) is 0 Å². The first kappa shape index (κ1) is 12.6. The van der Waals surface area contributed by atoms with Gasteiger partial charge in [-0.3, -0.25) is 4.79 Å². The Bertz CT molecular complexity index is 270. The predicted molar refractivity (Wildman–Crippen MR) is 62.1 cm³/mol. The van der Waals surface area contributed by atoms with Crippen LogP contribution in [0.3, 0.4) is 0 Å². The van der Waals surface area contributed by atoms with Crippen molar-refractivity contribution in [2.24, 2.45) is 0 Å². The molecule has 0 bridgehead atoms. The Labute approximate surface area is 86.5 Å². The van der Waals surface area contributed by atoms with E-state index >= 15 is 0 Å². The van der Waals surface area contributed by atoms with Crippen molar-refractivity contribution in [3.05, 3.63) is 48.1 Å². The summed E-state index contributed by atoms with van der Waals surface area (Å²) in [6, 6.07) is 0. The Kier molecular flexibility index (Phi) is 6.38. The minimum Gasteiger partial charge on any atom is -0.298 e. The molecule has 0 radical (unpaired) electrons. The number of aldehydes is 1. The fraction of sp³-hybridized carbons (Fsp3) is 0.308. The number of carbonyl (C=O) groups is 1. The van der Waals surface area contributed by atoms with Crippen molar-refractivity contribution in [1.29, 1.82) is 0 Å². The highest BCUT2D eigenvalue weighted by molar-refractivity contribution is 5.81. The zero-order valence-corrected chi connectivity index (χ0v) is 9.05. The molecule has 0 aliphatic heterocycles. The number of hydrogen-bond donors (Lipinski definition) is 0. The summed E-state index contributed by atoms with van der Waals surface area (Å²) in [5.74, 6) is 0. The van der Waals surface area contributed by atoms with E-state index in [0.29, 0.717) is 5.57 Å². The molecule has 0 spiro atoms. The molecule has 1 nitrogen and oxygen atoms in total. The highest BCUT2D eigenvalue weighted by Crippen LogP contribution is 2.20. The van der Waals surface area contributed by atoms with Gasteiger partial charge in [-0.15, -0.1) is 0 Å². The Morgan fingerprint density at radius 2 is 1.93 bits per heavy atom. The van der Waals surface area contributed by atoms with Gasteiger partial charge < -0.3 is 0 Å². The number of carbonyl (C=O) groups excluding carboxylic acids is 1. The third-order valence-corrected chi connectivity index (χ3v) is 2.08. The Morgan fingerprint density at radius 3 is 2.21 bits per heavy atom. The first-order chi connectivity index (χ1) is 6.74. The first-order valence-corrected chi connectivity index (χ1v) is 4.84. The average Bonchev–Trinajstić information content (AvgIpc) is 2.23. The Balaban J connectivity index is 5.22. The van der Waals surface area contributed by atoms with E-state index in [9.17, 15) is 4.79 Å². The SMILES string of the molecule is C=C/C(C=O)=C(C=C)/C(=C/C)CCC. The maximum atomic E-state index is 10.8. The second-order valence-electron chi connectivity index (χ2n) is 2.96. The van der Waals surface area contributed by atoms with Gasteiger partial charge in [0, 0.05) is 5.57 Å². The third kappa shape index (κ3) is 3.17. The van der Waals surface area contributed by atoms with Gasteiger partial charge in [0.15, 0.2) is 6.29 Å². The second-order valence-corrected chi connectivity index (χ2v) is 2.96. The van der Waals surface area contributed by atoms with Gasteiger partial charge in [-0.2, -0.15) is 0 Å². The summed E-state index contributed by atoms with van der Waals surface area (Å²) in [6.45, 7) is 11.4. The molecule has 0 unspecified atom stereocenters. The molecule has 0 atom stereocenters. The van der Waals surface area contributed by atoms with Crippen LogP contribution in [-0.2, 0) is 4.79 Å². The molecule has 0 aromatic rings. The molecule has 0 rings (SSSR count). The fourth-order valence-corrected chi connectivity index (χ4v) is 1.36. The van der Waals surface area contributed by atoms with E-state index < -0.39 is 0 Å². The van der Waals surface area contributed by atoms with E-state index in [4.69, 9.17) is 0 Å². The normalized spacial score (nSPS) is 13.1. The lowest BCUT2D eigenvalue weighted by atomic mass is 9.96. The molecule has 14 heavy (non-hydrogen) atoms. The van der Waals surface area contributed by atoms with E-state index in [1.54, 1.807) is 12.2 Å². The molecule has 0 N–H and O–H groups in total. The molecule has 0 aromatic heterocycles. The summed E-state index contributed by atoms with van der Waals surface area (Å²) in [5, 5.41) is 0. The molecule has 0 aromatic carbocycles. The van der Waals surface area contributed by atoms with Crippen molar-refractivity contribution in [2.45, 2.75) is 26.7 Å². The molecular formula is C13H18O. The van der Waals surface area contributed by atoms with E-state index in [1.807, 2.05) is 13.0 Å². The highest BCUT2D eigenvalue weighted by Gasteiger charge is 2.04. The minimum absolute atomic E-state index is 0.613. The van der Waals surface area contributed by atoms with Crippen LogP contribution < -0.4 is 0 Å². The largest absolute Gasteiger partial charge is 0.298 e. The van der Waals surface area contributed by atoms with Gasteiger partial charge in [0.2, 0.25) is 0 Å². The number of allylic oxidation sites excluding steroid dienone is 6. The molecule has 0 aliphatic rings. The van der Waals surface area contributed by atoms with Crippen LogP contribution in [0.15, 0.2) is 48.1 Å². The van der Waals surface area contributed by atoms with Gasteiger partial charge in [-0.1, -0.05) is 44.7 Å². The standard InChI is InChI=1S/C13H18O/c1-5-9-11(6-2)13(8-4)12(7-3)10-14/h6-8,10H,3-5,9H2,1-2H3/b11-6+,13-12-. The zero-order chi connectivity index (χ0) is 11.0. The predicted octanol–water partition coefficient (Wildman–Crippen LogP) is 3.60. The molecule has 0 saturated carbocycles. The van der Waals surface area contributed by atoms with E-state index in [2.05, 4.69) is 20.1 Å². The molecule has 0 amide bonds. The molecule has 0 heterocycles. The summed E-state index contributed by atoms with van der Waals surface area (Å²) < 4.78 is 0. The quantitative estimate of drug-likeness (QED) is 0.355. The van der Waals surface area contributed by atoms with Gasteiger partial charge in [0.25, 0.3) is 0 Å². The summed E-state index contributed by atoms with van der Waals surface area (Å²) in [7, 11) is 0. The minimum atomic E-state index is 0.613. The monoisotopic (exact) mass is 190 g/mol. The average molecular weight is 190 g/mol. The van der Waals surface area contributed by atoms with E-state index in [-0.39, 0.29) is 0 Å². The Morgan fingerprint density at radius 1 is 1.29 bits per heavy atom. The lowest BCUT2D eigenvalue weighted by molar-refractivity contribution is -0.104. The first-order valence-electron chi connectivity index (χ1n) is 4.84. The molecule has 0 saturated heterocycles. The maximum Gasteiger partial charge on any atom is 0.150 e. The molecule has 76 valence electrons. The van der Waals surface area contributed by atoms with E-state index in [0.717, 1.165) is 30.3 Å². The van der Waals surface area contributed by atoms with Gasteiger partial charge in [0.1, 0.15) is 0 Å².